The van der Waals surface area contributed by atoms with Gasteiger partial charge < -0.3 is 5.32 Å². The summed E-state index contributed by atoms with van der Waals surface area (Å²) in [6.07, 6.45) is 1.26. The highest BCUT2D eigenvalue weighted by Crippen LogP contribution is 2.57. The van der Waals surface area contributed by atoms with E-state index in [0.717, 1.165) is 28.7 Å². The Balaban J connectivity index is 1.92. The molecule has 0 radical (unpaired) electrons. The second-order valence-electron chi connectivity index (χ2n) is 6.78. The van der Waals surface area contributed by atoms with Crippen molar-refractivity contribution < 1.29 is 14.5 Å². The first kappa shape index (κ1) is 16.2. The van der Waals surface area contributed by atoms with Crippen LogP contribution in [0.15, 0.2) is 59.7 Å². The maximum absolute atomic E-state index is 13.1. The van der Waals surface area contributed by atoms with Gasteiger partial charge in [-0.05, 0) is 36.1 Å². The van der Waals surface area contributed by atoms with Crippen molar-refractivity contribution in [1.29, 1.82) is 0 Å². The van der Waals surface area contributed by atoms with Crippen LogP contribution in [-0.2, 0) is 15.0 Å². The number of hydrogen-bond donors (Lipinski definition) is 1. The minimum atomic E-state index is -0.896. The molecule has 26 heavy (non-hydrogen) atoms. The van der Waals surface area contributed by atoms with Crippen LogP contribution < -0.4 is 5.32 Å². The van der Waals surface area contributed by atoms with E-state index in [9.17, 15) is 19.7 Å². The largest absolute Gasteiger partial charge is 0.325 e. The van der Waals surface area contributed by atoms with Crippen LogP contribution in [0.1, 0.15) is 30.4 Å². The van der Waals surface area contributed by atoms with Crippen LogP contribution in [0.2, 0.25) is 0 Å². The van der Waals surface area contributed by atoms with Gasteiger partial charge in [-0.3, -0.25) is 19.7 Å². The topological polar surface area (TPSA) is 89.3 Å². The average Bonchev–Trinajstić information content (AvgIpc) is 3.09. The number of carbonyl (C=O) groups excluding carboxylic acids is 2. The van der Waals surface area contributed by atoms with E-state index in [1.807, 2.05) is 31.2 Å². The Morgan fingerprint density at radius 1 is 1.19 bits per heavy atom. The fourth-order valence-corrected chi connectivity index (χ4v) is 4.35. The van der Waals surface area contributed by atoms with Crippen molar-refractivity contribution in [2.75, 3.05) is 5.32 Å². The van der Waals surface area contributed by atoms with Gasteiger partial charge in [0.2, 0.25) is 5.91 Å². The molecule has 0 saturated heterocycles. The number of nitrogens with one attached hydrogen (secondary N) is 1. The molecule has 0 fully saturated rings. The number of allylic oxidation sites excluding steroid dienone is 2. The molecule has 4 rings (SSSR count). The smallest absolute Gasteiger partial charge is 0.269 e. The number of nitro benzene ring substituents is 1. The van der Waals surface area contributed by atoms with Crippen LogP contribution in [0.5, 0.6) is 0 Å². The van der Waals surface area contributed by atoms with E-state index in [1.165, 1.54) is 12.1 Å². The minimum Gasteiger partial charge on any atom is -0.325 e. The number of carbonyl (C=O) groups is 2. The third kappa shape index (κ3) is 2.05. The number of nitro groups is 1. The number of hydrogen-bond acceptors (Lipinski definition) is 4. The summed E-state index contributed by atoms with van der Waals surface area (Å²) in [5.74, 6) is -0.609. The van der Waals surface area contributed by atoms with E-state index < -0.39 is 16.3 Å². The summed E-state index contributed by atoms with van der Waals surface area (Å²) in [7, 11) is 0. The van der Waals surface area contributed by atoms with E-state index in [0.29, 0.717) is 12.0 Å². The Morgan fingerprint density at radius 2 is 1.88 bits per heavy atom. The lowest BCUT2D eigenvalue weighted by Crippen LogP contribution is -2.38. The lowest BCUT2D eigenvalue weighted by molar-refractivity contribution is -0.384. The predicted molar refractivity (Wildman–Crippen MR) is 96.0 cm³/mol. The molecule has 2 aliphatic rings. The van der Waals surface area contributed by atoms with Crippen molar-refractivity contribution in [3.8, 4) is 0 Å². The Kier molecular flexibility index (Phi) is 3.50. The molecule has 1 aliphatic heterocycles. The predicted octanol–water partition coefficient (Wildman–Crippen LogP) is 3.49. The Morgan fingerprint density at radius 3 is 2.54 bits per heavy atom. The maximum Gasteiger partial charge on any atom is 0.269 e. The molecule has 2 aromatic carbocycles. The first-order valence-electron chi connectivity index (χ1n) is 8.29. The first-order valence-corrected chi connectivity index (χ1v) is 8.29. The molecule has 6 nitrogen and oxygen atoms in total. The van der Waals surface area contributed by atoms with Crippen LogP contribution in [0, 0.1) is 10.1 Å². The van der Waals surface area contributed by atoms with Crippen molar-refractivity contribution in [1.82, 2.24) is 0 Å². The zero-order valence-corrected chi connectivity index (χ0v) is 14.1. The molecular weight excluding hydrogens is 332 g/mol. The summed E-state index contributed by atoms with van der Waals surface area (Å²) in [6.45, 7) is 1.87. The van der Waals surface area contributed by atoms with Crippen LogP contribution in [0.4, 0.5) is 11.4 Å². The fourth-order valence-electron chi connectivity index (χ4n) is 4.35. The van der Waals surface area contributed by atoms with Crippen LogP contribution >= 0.6 is 0 Å². The number of fused-ring (bicyclic) bond motifs is 2. The molecule has 1 aliphatic carbocycles. The molecule has 2 aromatic rings. The molecule has 1 spiro atoms. The normalized spacial score (nSPS) is 23.9. The lowest BCUT2D eigenvalue weighted by atomic mass is 9.68. The fraction of sp³-hybridized carbons (Fsp3) is 0.200. The Labute approximate surface area is 149 Å². The van der Waals surface area contributed by atoms with Crippen molar-refractivity contribution in [3.63, 3.8) is 0 Å². The number of benzene rings is 2. The van der Waals surface area contributed by atoms with Crippen LogP contribution in [0.3, 0.4) is 0 Å². The van der Waals surface area contributed by atoms with Gasteiger partial charge in [0.05, 0.1) is 10.3 Å². The Hall–Kier alpha value is -3.28. The Bertz CT molecular complexity index is 978. The molecule has 0 unspecified atom stereocenters. The average molecular weight is 348 g/mol. The number of amides is 1. The SMILES string of the molecule is CC1=C(C=O)[C@@H](c2ccc([N+](=O)[O-])cc2)[C@@]2(C1)C(=O)Nc1ccccc12. The van der Waals surface area contributed by atoms with E-state index in [1.54, 1.807) is 12.1 Å². The van der Waals surface area contributed by atoms with Gasteiger partial charge in [0.15, 0.2) is 0 Å². The first-order chi connectivity index (χ1) is 12.5. The molecule has 0 aromatic heterocycles. The van der Waals surface area contributed by atoms with Gasteiger partial charge in [-0.15, -0.1) is 0 Å². The molecule has 0 saturated carbocycles. The molecular formula is C20H16N2O4. The van der Waals surface area contributed by atoms with Crippen molar-refractivity contribution in [3.05, 3.63) is 80.9 Å². The third-order valence-corrected chi connectivity index (χ3v) is 5.47. The summed E-state index contributed by atoms with van der Waals surface area (Å²) in [4.78, 5) is 35.4. The summed E-state index contributed by atoms with van der Waals surface area (Å²) in [5.41, 5.74) is 2.87. The van der Waals surface area contributed by atoms with Gasteiger partial charge in [-0.2, -0.15) is 0 Å². The minimum absolute atomic E-state index is 0.0228. The second kappa shape index (κ2) is 5.62. The third-order valence-electron chi connectivity index (χ3n) is 5.47. The number of para-hydroxylation sites is 1. The van der Waals surface area contributed by atoms with Gasteiger partial charge in [-0.1, -0.05) is 35.9 Å². The molecule has 2 atom stereocenters. The van der Waals surface area contributed by atoms with E-state index >= 15 is 0 Å². The van der Waals surface area contributed by atoms with Gasteiger partial charge in [-0.25, -0.2) is 0 Å². The summed E-state index contributed by atoms with van der Waals surface area (Å²) < 4.78 is 0. The highest BCUT2D eigenvalue weighted by atomic mass is 16.6. The zero-order valence-electron chi connectivity index (χ0n) is 14.1. The summed E-state index contributed by atoms with van der Waals surface area (Å²) in [6, 6.07) is 13.6. The number of anilines is 1. The summed E-state index contributed by atoms with van der Waals surface area (Å²) in [5, 5.41) is 13.9. The number of non-ortho nitro benzene ring substituents is 1. The molecule has 1 amide bonds. The standard InChI is InChI=1S/C20H16N2O4/c1-12-10-20(16-4-2-3-5-17(16)21-19(20)24)18(15(12)11-23)13-6-8-14(9-7-13)22(25)26/h2-9,11,18H,10H2,1H3,(H,21,24)/t18-,20+/m1/s1. The molecule has 6 heteroatoms. The quantitative estimate of drug-likeness (QED) is 0.522. The highest BCUT2D eigenvalue weighted by Gasteiger charge is 2.57. The number of nitrogens with zero attached hydrogens (tertiary/aromatic N) is 1. The van der Waals surface area contributed by atoms with Crippen molar-refractivity contribution >= 4 is 23.6 Å². The molecule has 1 heterocycles. The highest BCUT2D eigenvalue weighted by molar-refractivity contribution is 6.09. The van der Waals surface area contributed by atoms with E-state index in [4.69, 9.17) is 0 Å². The van der Waals surface area contributed by atoms with Crippen molar-refractivity contribution in [2.45, 2.75) is 24.7 Å². The zero-order chi connectivity index (χ0) is 18.5. The van der Waals surface area contributed by atoms with Crippen molar-refractivity contribution in [2.24, 2.45) is 0 Å². The lowest BCUT2D eigenvalue weighted by Gasteiger charge is -2.31. The van der Waals surface area contributed by atoms with Gasteiger partial charge in [0, 0.05) is 23.7 Å². The van der Waals surface area contributed by atoms with E-state index in [2.05, 4.69) is 5.32 Å². The van der Waals surface area contributed by atoms with Gasteiger partial charge >= 0.3 is 0 Å². The summed E-state index contributed by atoms with van der Waals surface area (Å²) >= 11 is 0. The van der Waals surface area contributed by atoms with Crippen LogP contribution in [0.25, 0.3) is 0 Å². The van der Waals surface area contributed by atoms with Crippen LogP contribution in [-0.4, -0.2) is 17.1 Å². The number of rotatable bonds is 3. The molecule has 0 bridgehead atoms. The maximum atomic E-state index is 13.1. The molecule has 130 valence electrons. The number of aldehydes is 1. The molecule has 1 N–H and O–H groups in total. The van der Waals surface area contributed by atoms with E-state index in [-0.39, 0.29) is 11.6 Å². The van der Waals surface area contributed by atoms with Gasteiger partial charge in [0.25, 0.3) is 5.69 Å². The monoisotopic (exact) mass is 348 g/mol. The second-order valence-corrected chi connectivity index (χ2v) is 6.78. The van der Waals surface area contributed by atoms with Gasteiger partial charge in [0.1, 0.15) is 6.29 Å².